The second-order valence-electron chi connectivity index (χ2n) is 4.24. The molecule has 94 valence electrons. The van der Waals surface area contributed by atoms with Crippen molar-refractivity contribution >= 4 is 17.7 Å². The van der Waals surface area contributed by atoms with E-state index in [1.165, 1.54) is 0 Å². The zero-order chi connectivity index (χ0) is 13.0. The minimum Gasteiger partial charge on any atom is -0.447 e. The highest BCUT2D eigenvalue weighted by molar-refractivity contribution is 6.31. The quantitative estimate of drug-likeness (QED) is 0.820. The average molecular weight is 256 g/mol. The predicted molar refractivity (Wildman–Crippen MR) is 69.2 cm³/mol. The molecule has 17 heavy (non-hydrogen) atoms. The average Bonchev–Trinajstić information content (AvgIpc) is 2.27. The Labute approximate surface area is 107 Å². The Bertz CT molecular complexity index is 393. The SMILES string of the molecule is CC(C)OC(=O)N(C)C(C)c1ccccc1Cl. The van der Waals surface area contributed by atoms with Gasteiger partial charge in [0, 0.05) is 12.1 Å². The molecule has 4 heteroatoms. The molecule has 0 spiro atoms. The third-order valence-electron chi connectivity index (χ3n) is 2.56. The molecule has 1 atom stereocenters. The Balaban J connectivity index is 2.80. The molecule has 0 aromatic heterocycles. The molecule has 0 N–H and O–H groups in total. The van der Waals surface area contributed by atoms with Crippen LogP contribution in [0.3, 0.4) is 0 Å². The molecule has 1 unspecified atom stereocenters. The summed E-state index contributed by atoms with van der Waals surface area (Å²) in [6.07, 6.45) is -0.462. The Morgan fingerprint density at radius 2 is 1.88 bits per heavy atom. The highest BCUT2D eigenvalue weighted by Gasteiger charge is 2.20. The summed E-state index contributed by atoms with van der Waals surface area (Å²) in [4.78, 5) is 13.3. The highest BCUT2D eigenvalue weighted by atomic mass is 35.5. The Morgan fingerprint density at radius 3 is 2.41 bits per heavy atom. The van der Waals surface area contributed by atoms with Crippen LogP contribution in [0, 0.1) is 0 Å². The van der Waals surface area contributed by atoms with Gasteiger partial charge in [0.05, 0.1) is 12.1 Å². The number of carbonyl (C=O) groups excluding carboxylic acids is 1. The lowest BCUT2D eigenvalue weighted by Crippen LogP contribution is -2.32. The van der Waals surface area contributed by atoms with Gasteiger partial charge in [-0.15, -0.1) is 0 Å². The van der Waals surface area contributed by atoms with Gasteiger partial charge in [-0.1, -0.05) is 29.8 Å². The monoisotopic (exact) mass is 255 g/mol. The van der Waals surface area contributed by atoms with Gasteiger partial charge in [0.1, 0.15) is 0 Å². The lowest BCUT2D eigenvalue weighted by Gasteiger charge is -2.26. The van der Waals surface area contributed by atoms with Crippen LogP contribution in [0.15, 0.2) is 24.3 Å². The molecule has 1 amide bonds. The van der Waals surface area contributed by atoms with Gasteiger partial charge in [-0.2, -0.15) is 0 Å². The number of rotatable bonds is 3. The number of hydrogen-bond acceptors (Lipinski definition) is 2. The van der Waals surface area contributed by atoms with Gasteiger partial charge in [0.2, 0.25) is 0 Å². The van der Waals surface area contributed by atoms with E-state index in [4.69, 9.17) is 16.3 Å². The lowest BCUT2D eigenvalue weighted by atomic mass is 10.1. The van der Waals surface area contributed by atoms with Gasteiger partial charge in [-0.3, -0.25) is 0 Å². The molecular weight excluding hydrogens is 238 g/mol. The van der Waals surface area contributed by atoms with Crippen LogP contribution in [0.25, 0.3) is 0 Å². The van der Waals surface area contributed by atoms with E-state index in [1.54, 1.807) is 11.9 Å². The first-order valence-corrected chi connectivity index (χ1v) is 5.99. The van der Waals surface area contributed by atoms with Crippen LogP contribution in [0.2, 0.25) is 5.02 Å². The summed E-state index contributed by atoms with van der Waals surface area (Å²) >= 11 is 6.09. The fraction of sp³-hybridized carbons (Fsp3) is 0.462. The van der Waals surface area contributed by atoms with Crippen molar-refractivity contribution in [1.29, 1.82) is 0 Å². The Hall–Kier alpha value is -1.22. The van der Waals surface area contributed by atoms with Gasteiger partial charge < -0.3 is 9.64 Å². The van der Waals surface area contributed by atoms with Gasteiger partial charge in [0.15, 0.2) is 0 Å². The molecule has 0 heterocycles. The summed E-state index contributed by atoms with van der Waals surface area (Å²) in [5.74, 6) is 0. The first-order chi connectivity index (χ1) is 7.93. The molecule has 0 aliphatic carbocycles. The van der Waals surface area contributed by atoms with Gasteiger partial charge in [0.25, 0.3) is 0 Å². The number of hydrogen-bond donors (Lipinski definition) is 0. The van der Waals surface area contributed by atoms with E-state index < -0.39 is 0 Å². The van der Waals surface area contributed by atoms with E-state index in [9.17, 15) is 4.79 Å². The van der Waals surface area contributed by atoms with Crippen molar-refractivity contribution in [1.82, 2.24) is 4.90 Å². The van der Waals surface area contributed by atoms with E-state index in [0.717, 1.165) is 5.56 Å². The van der Waals surface area contributed by atoms with E-state index >= 15 is 0 Å². The fourth-order valence-electron chi connectivity index (χ4n) is 1.47. The zero-order valence-electron chi connectivity index (χ0n) is 10.6. The molecule has 1 aromatic rings. The second-order valence-corrected chi connectivity index (χ2v) is 4.65. The van der Waals surface area contributed by atoms with Crippen LogP contribution in [0.5, 0.6) is 0 Å². The maximum atomic E-state index is 11.7. The standard InChI is InChI=1S/C13H18ClNO2/c1-9(2)17-13(16)15(4)10(3)11-7-5-6-8-12(11)14/h5-10H,1-4H3. The normalized spacial score (nSPS) is 12.4. The Kier molecular flexibility index (Phi) is 4.82. The van der Waals surface area contributed by atoms with Gasteiger partial charge in [-0.05, 0) is 32.4 Å². The van der Waals surface area contributed by atoms with E-state index in [2.05, 4.69) is 0 Å². The summed E-state index contributed by atoms with van der Waals surface area (Å²) < 4.78 is 5.14. The van der Waals surface area contributed by atoms with E-state index in [0.29, 0.717) is 5.02 Å². The molecule has 0 saturated carbocycles. The molecule has 1 rings (SSSR count). The molecule has 1 aromatic carbocycles. The Morgan fingerprint density at radius 1 is 1.29 bits per heavy atom. The maximum Gasteiger partial charge on any atom is 0.410 e. The van der Waals surface area contributed by atoms with Crippen LogP contribution in [-0.2, 0) is 4.74 Å². The summed E-state index contributed by atoms with van der Waals surface area (Å²) in [5.41, 5.74) is 0.914. The summed E-state index contributed by atoms with van der Waals surface area (Å²) in [6.45, 7) is 5.57. The van der Waals surface area contributed by atoms with E-state index in [-0.39, 0.29) is 18.2 Å². The van der Waals surface area contributed by atoms with Crippen molar-refractivity contribution in [3.05, 3.63) is 34.9 Å². The molecular formula is C13H18ClNO2. The van der Waals surface area contributed by atoms with Crippen LogP contribution in [0.1, 0.15) is 32.4 Å². The molecule has 0 saturated heterocycles. The van der Waals surface area contributed by atoms with Crippen LogP contribution >= 0.6 is 11.6 Å². The van der Waals surface area contributed by atoms with Gasteiger partial charge in [-0.25, -0.2) is 4.79 Å². The molecule has 0 aliphatic rings. The second kappa shape index (κ2) is 5.92. The number of halogens is 1. The van der Waals surface area contributed by atoms with Crippen LogP contribution in [0.4, 0.5) is 4.79 Å². The molecule has 0 bridgehead atoms. The molecule has 0 radical (unpaired) electrons. The minimum atomic E-state index is -0.340. The minimum absolute atomic E-state index is 0.116. The van der Waals surface area contributed by atoms with E-state index in [1.807, 2.05) is 45.0 Å². The number of ether oxygens (including phenoxy) is 1. The molecule has 3 nitrogen and oxygen atoms in total. The van der Waals surface area contributed by atoms with Crippen molar-refractivity contribution in [3.63, 3.8) is 0 Å². The van der Waals surface area contributed by atoms with Crippen molar-refractivity contribution < 1.29 is 9.53 Å². The fourth-order valence-corrected chi connectivity index (χ4v) is 1.76. The van der Waals surface area contributed by atoms with Crippen LogP contribution < -0.4 is 0 Å². The topological polar surface area (TPSA) is 29.5 Å². The summed E-state index contributed by atoms with van der Waals surface area (Å²) in [7, 11) is 1.71. The van der Waals surface area contributed by atoms with Crippen molar-refractivity contribution in [2.24, 2.45) is 0 Å². The van der Waals surface area contributed by atoms with Crippen molar-refractivity contribution in [3.8, 4) is 0 Å². The third kappa shape index (κ3) is 3.63. The lowest BCUT2D eigenvalue weighted by molar-refractivity contribution is 0.0744. The zero-order valence-corrected chi connectivity index (χ0v) is 11.4. The molecule has 0 aliphatic heterocycles. The number of benzene rings is 1. The van der Waals surface area contributed by atoms with Crippen LogP contribution in [-0.4, -0.2) is 24.1 Å². The maximum absolute atomic E-state index is 11.7. The largest absolute Gasteiger partial charge is 0.447 e. The third-order valence-corrected chi connectivity index (χ3v) is 2.90. The van der Waals surface area contributed by atoms with Crippen molar-refractivity contribution in [2.75, 3.05) is 7.05 Å². The van der Waals surface area contributed by atoms with Crippen molar-refractivity contribution in [2.45, 2.75) is 32.9 Å². The predicted octanol–water partition coefficient (Wildman–Crippen LogP) is 3.88. The van der Waals surface area contributed by atoms with Gasteiger partial charge >= 0.3 is 6.09 Å². The number of amides is 1. The smallest absolute Gasteiger partial charge is 0.410 e. The molecule has 0 fully saturated rings. The highest BCUT2D eigenvalue weighted by Crippen LogP contribution is 2.26. The number of nitrogens with zero attached hydrogens (tertiary/aromatic N) is 1. The first kappa shape index (κ1) is 13.8. The summed E-state index contributed by atoms with van der Waals surface area (Å²) in [6, 6.07) is 7.38. The summed E-state index contributed by atoms with van der Waals surface area (Å²) in [5, 5.41) is 0.657. The first-order valence-electron chi connectivity index (χ1n) is 5.61. The number of carbonyl (C=O) groups is 1.